The highest BCUT2D eigenvalue weighted by Gasteiger charge is 2.26. The number of carbonyl (C=O) groups is 1. The number of hydrogen-bond acceptors (Lipinski definition) is 4. The maximum atomic E-state index is 11.2. The first-order valence-corrected chi connectivity index (χ1v) is 9.44. The number of unbranched alkanes of at least 4 members (excludes halogenated alkanes) is 1. The Hall–Kier alpha value is -1.91. The molecule has 25 heavy (non-hydrogen) atoms. The molecule has 0 unspecified atom stereocenters. The van der Waals surface area contributed by atoms with E-state index in [9.17, 15) is 9.90 Å². The summed E-state index contributed by atoms with van der Waals surface area (Å²) < 4.78 is 10.9. The predicted molar refractivity (Wildman–Crippen MR) is 99.1 cm³/mol. The van der Waals surface area contributed by atoms with Crippen LogP contribution in [0.25, 0.3) is 0 Å². The molecule has 0 aliphatic heterocycles. The number of phenolic OH excluding ortho intramolecular Hbond substituents is 1. The van der Waals surface area contributed by atoms with Crippen molar-refractivity contribution in [2.45, 2.75) is 79.1 Å². The van der Waals surface area contributed by atoms with Crippen molar-refractivity contribution in [3.05, 3.63) is 16.7 Å². The van der Waals surface area contributed by atoms with Gasteiger partial charge in [0.2, 0.25) is 5.75 Å². The Labute approximate surface area is 151 Å². The molecule has 1 aromatic carbocycles. The van der Waals surface area contributed by atoms with Crippen LogP contribution in [0.4, 0.5) is 4.79 Å². The van der Waals surface area contributed by atoms with Gasteiger partial charge in [-0.05, 0) is 31.2 Å². The van der Waals surface area contributed by atoms with Crippen LogP contribution in [0.2, 0.25) is 0 Å². The van der Waals surface area contributed by atoms with E-state index in [4.69, 9.17) is 14.6 Å². The van der Waals surface area contributed by atoms with Gasteiger partial charge in [-0.25, -0.2) is 4.79 Å². The Morgan fingerprint density at radius 3 is 1.92 bits per heavy atom. The van der Waals surface area contributed by atoms with Gasteiger partial charge in [0.15, 0.2) is 11.5 Å². The van der Waals surface area contributed by atoms with Gasteiger partial charge in [0.05, 0.1) is 6.61 Å². The molecule has 0 saturated heterocycles. The predicted octanol–water partition coefficient (Wildman–Crippen LogP) is 5.49. The van der Waals surface area contributed by atoms with Gasteiger partial charge >= 0.3 is 6.16 Å². The maximum Gasteiger partial charge on any atom is 0.511 e. The number of phenols is 1. The number of rotatable bonds is 11. The summed E-state index contributed by atoms with van der Waals surface area (Å²) in [5.74, 6) is 0.271. The second kappa shape index (κ2) is 10.9. The van der Waals surface area contributed by atoms with E-state index in [1.807, 2.05) is 6.92 Å². The lowest BCUT2D eigenvalue weighted by Gasteiger charge is -2.23. The first kappa shape index (κ1) is 21.1. The van der Waals surface area contributed by atoms with Crippen LogP contribution in [0, 0.1) is 0 Å². The molecule has 1 rings (SSSR count). The first-order valence-electron chi connectivity index (χ1n) is 9.44. The zero-order chi connectivity index (χ0) is 18.8. The monoisotopic (exact) mass is 352 g/mol. The molecule has 0 saturated carbocycles. The molecule has 2 N–H and O–H groups in total. The molecule has 0 atom stereocenters. The van der Waals surface area contributed by atoms with Crippen LogP contribution in [0.3, 0.4) is 0 Å². The van der Waals surface area contributed by atoms with Crippen molar-refractivity contribution in [1.82, 2.24) is 0 Å². The zero-order valence-corrected chi connectivity index (χ0v) is 16.0. The summed E-state index contributed by atoms with van der Waals surface area (Å²) in [5.41, 5.74) is 2.87. The van der Waals surface area contributed by atoms with Crippen LogP contribution < -0.4 is 9.47 Å². The SMILES string of the molecule is CCCCOc1c(CCC)c(CCC)c(CCC)c(O)c1OC(=O)O. The Morgan fingerprint density at radius 2 is 1.40 bits per heavy atom. The lowest BCUT2D eigenvalue weighted by atomic mass is 9.90. The third-order valence-electron chi connectivity index (χ3n) is 4.14. The lowest BCUT2D eigenvalue weighted by Crippen LogP contribution is -2.12. The van der Waals surface area contributed by atoms with Crippen molar-refractivity contribution in [2.75, 3.05) is 6.61 Å². The smallest absolute Gasteiger partial charge is 0.504 e. The van der Waals surface area contributed by atoms with Crippen LogP contribution >= 0.6 is 0 Å². The average molecular weight is 352 g/mol. The second-order valence-corrected chi connectivity index (χ2v) is 6.26. The number of carboxylic acid groups (broad SMARTS) is 1. The Kier molecular flexibility index (Phi) is 9.17. The summed E-state index contributed by atoms with van der Waals surface area (Å²) in [4.78, 5) is 11.2. The van der Waals surface area contributed by atoms with Crippen molar-refractivity contribution in [3.8, 4) is 17.2 Å². The molecule has 0 aliphatic carbocycles. The van der Waals surface area contributed by atoms with E-state index in [-0.39, 0.29) is 11.5 Å². The van der Waals surface area contributed by atoms with Gasteiger partial charge in [0.25, 0.3) is 0 Å². The van der Waals surface area contributed by atoms with Gasteiger partial charge < -0.3 is 19.7 Å². The van der Waals surface area contributed by atoms with E-state index in [0.29, 0.717) is 18.8 Å². The van der Waals surface area contributed by atoms with E-state index in [1.165, 1.54) is 0 Å². The van der Waals surface area contributed by atoms with Gasteiger partial charge in [-0.15, -0.1) is 0 Å². The van der Waals surface area contributed by atoms with Crippen LogP contribution in [-0.2, 0) is 19.3 Å². The summed E-state index contributed by atoms with van der Waals surface area (Å²) in [7, 11) is 0. The molecule has 5 nitrogen and oxygen atoms in total. The van der Waals surface area contributed by atoms with Gasteiger partial charge in [0.1, 0.15) is 0 Å². The number of ether oxygens (including phenoxy) is 2. The number of hydrogen-bond donors (Lipinski definition) is 2. The van der Waals surface area contributed by atoms with Crippen molar-refractivity contribution >= 4 is 6.16 Å². The molecular weight excluding hydrogens is 320 g/mol. The zero-order valence-electron chi connectivity index (χ0n) is 16.0. The van der Waals surface area contributed by atoms with Crippen LogP contribution in [0.15, 0.2) is 0 Å². The third-order valence-corrected chi connectivity index (χ3v) is 4.14. The van der Waals surface area contributed by atoms with E-state index >= 15 is 0 Å². The molecule has 0 spiro atoms. The number of benzene rings is 1. The maximum absolute atomic E-state index is 11.2. The van der Waals surface area contributed by atoms with E-state index < -0.39 is 6.16 Å². The summed E-state index contributed by atoms with van der Waals surface area (Å²) in [5, 5.41) is 19.9. The Morgan fingerprint density at radius 1 is 0.840 bits per heavy atom. The highest BCUT2D eigenvalue weighted by molar-refractivity contribution is 5.70. The lowest BCUT2D eigenvalue weighted by molar-refractivity contribution is 0.140. The van der Waals surface area contributed by atoms with Crippen molar-refractivity contribution in [3.63, 3.8) is 0 Å². The number of aromatic hydroxyl groups is 1. The fraction of sp³-hybridized carbons (Fsp3) is 0.650. The van der Waals surface area contributed by atoms with Crippen molar-refractivity contribution in [1.29, 1.82) is 0 Å². The minimum atomic E-state index is -1.44. The van der Waals surface area contributed by atoms with Gasteiger partial charge in [-0.2, -0.15) is 0 Å². The molecule has 0 amide bonds. The fourth-order valence-electron chi connectivity index (χ4n) is 3.08. The largest absolute Gasteiger partial charge is 0.511 e. The van der Waals surface area contributed by atoms with Crippen LogP contribution in [0.5, 0.6) is 17.2 Å². The summed E-state index contributed by atoms with van der Waals surface area (Å²) in [6.07, 6.45) is 5.38. The third kappa shape index (κ3) is 5.55. The van der Waals surface area contributed by atoms with E-state index in [0.717, 1.165) is 61.6 Å². The average Bonchev–Trinajstić information content (AvgIpc) is 2.57. The molecule has 142 valence electrons. The standard InChI is InChI=1S/C20H32O5/c1-5-9-13-24-18-16(12-8-4)14(10-6-2)15(11-7-3)17(21)19(18)25-20(22)23/h21H,5-13H2,1-4H3,(H,22,23). The second-order valence-electron chi connectivity index (χ2n) is 6.26. The van der Waals surface area contributed by atoms with Crippen molar-refractivity contribution in [2.24, 2.45) is 0 Å². The first-order chi connectivity index (χ1) is 12.0. The van der Waals surface area contributed by atoms with E-state index in [1.54, 1.807) is 0 Å². The Balaban J connectivity index is 3.61. The Bertz CT molecular complexity index is 566. The van der Waals surface area contributed by atoms with Crippen molar-refractivity contribution < 1.29 is 24.5 Å². The fourth-order valence-corrected chi connectivity index (χ4v) is 3.08. The van der Waals surface area contributed by atoms with E-state index in [2.05, 4.69) is 20.8 Å². The minimum absolute atomic E-state index is 0.0460. The van der Waals surface area contributed by atoms with Gasteiger partial charge in [0, 0.05) is 11.1 Å². The molecule has 0 heterocycles. The topological polar surface area (TPSA) is 76.0 Å². The van der Waals surface area contributed by atoms with Gasteiger partial charge in [-0.1, -0.05) is 53.4 Å². The molecule has 5 heteroatoms. The highest BCUT2D eigenvalue weighted by Crippen LogP contribution is 2.46. The minimum Gasteiger partial charge on any atom is -0.504 e. The van der Waals surface area contributed by atoms with Gasteiger partial charge in [-0.3, -0.25) is 0 Å². The molecule has 0 bridgehead atoms. The molecule has 0 aromatic heterocycles. The van der Waals surface area contributed by atoms with Crippen LogP contribution in [0.1, 0.15) is 76.5 Å². The molecule has 0 aliphatic rings. The quantitative estimate of drug-likeness (QED) is 0.313. The highest BCUT2D eigenvalue weighted by atomic mass is 16.7. The molecular formula is C20H32O5. The summed E-state index contributed by atoms with van der Waals surface area (Å²) >= 11 is 0. The normalized spacial score (nSPS) is 10.7. The summed E-state index contributed by atoms with van der Waals surface area (Å²) in [6.45, 7) is 8.76. The molecule has 0 radical (unpaired) electrons. The molecule has 0 fully saturated rings. The molecule has 1 aromatic rings. The van der Waals surface area contributed by atoms with Crippen LogP contribution in [-0.4, -0.2) is 23.0 Å². The summed E-state index contributed by atoms with van der Waals surface area (Å²) in [6, 6.07) is 0.